The van der Waals surface area contributed by atoms with Crippen LogP contribution in [0.3, 0.4) is 0 Å². The van der Waals surface area contributed by atoms with E-state index in [2.05, 4.69) is 17.5 Å². The van der Waals surface area contributed by atoms with Crippen LogP contribution in [0.2, 0.25) is 0 Å². The van der Waals surface area contributed by atoms with Crippen molar-refractivity contribution in [2.24, 2.45) is 0 Å². The van der Waals surface area contributed by atoms with Gasteiger partial charge in [0, 0.05) is 0 Å². The summed E-state index contributed by atoms with van der Waals surface area (Å²) in [6, 6.07) is 17.8. The summed E-state index contributed by atoms with van der Waals surface area (Å²) >= 11 is 0. The number of nitrogens with zero attached hydrogens (tertiary/aromatic N) is 1. The zero-order valence-electron chi connectivity index (χ0n) is 15.4. The van der Waals surface area contributed by atoms with Crippen molar-refractivity contribution in [3.8, 4) is 0 Å². The topological polar surface area (TPSA) is 56.2 Å². The maximum absolute atomic E-state index is 13.7. The van der Waals surface area contributed by atoms with Gasteiger partial charge in [-0.1, -0.05) is 78.4 Å². The summed E-state index contributed by atoms with van der Waals surface area (Å²) in [6.45, 7) is 2.42. The van der Waals surface area contributed by atoms with Crippen LogP contribution in [0.4, 0.5) is 0 Å². The molecule has 1 aliphatic heterocycles. The molecule has 2 aromatic carbocycles. The predicted molar refractivity (Wildman–Crippen MR) is 107 cm³/mol. The molecule has 1 amide bonds. The first kappa shape index (κ1) is 17.3. The molecule has 0 bridgehead atoms. The molecule has 2 aromatic rings. The summed E-state index contributed by atoms with van der Waals surface area (Å²) in [5.41, 5.74) is 2.94. The van der Waals surface area contributed by atoms with Crippen molar-refractivity contribution in [3.63, 3.8) is 0 Å². The van der Waals surface area contributed by atoms with Crippen LogP contribution in [0.5, 0.6) is 0 Å². The number of aryl methyl sites for hydroxylation is 1. The van der Waals surface area contributed by atoms with Crippen LogP contribution in [-0.4, -0.2) is 16.8 Å². The lowest BCUT2D eigenvalue weighted by Crippen LogP contribution is -2.45. The van der Waals surface area contributed by atoms with E-state index in [4.69, 9.17) is 5.41 Å². The van der Waals surface area contributed by atoms with E-state index in [-0.39, 0.29) is 11.9 Å². The lowest BCUT2D eigenvalue weighted by molar-refractivity contribution is -0.130. The smallest absolute Gasteiger partial charge is 0.264 e. The number of hydrogen-bond acceptors (Lipinski definition) is 2. The highest BCUT2D eigenvalue weighted by molar-refractivity contribution is 6.10. The minimum atomic E-state index is -1.03. The molecular weight excluding hydrogens is 334 g/mol. The zero-order chi connectivity index (χ0) is 18.9. The molecule has 2 aliphatic rings. The molecule has 27 heavy (non-hydrogen) atoms. The highest BCUT2D eigenvalue weighted by Gasteiger charge is 2.52. The van der Waals surface area contributed by atoms with Gasteiger partial charge in [0.15, 0.2) is 11.5 Å². The van der Waals surface area contributed by atoms with E-state index in [0.717, 1.165) is 29.5 Å². The molecule has 0 spiro atoms. The van der Waals surface area contributed by atoms with Gasteiger partial charge in [-0.3, -0.25) is 15.1 Å². The Labute approximate surface area is 159 Å². The van der Waals surface area contributed by atoms with Gasteiger partial charge in [-0.15, -0.1) is 0 Å². The van der Waals surface area contributed by atoms with E-state index in [0.29, 0.717) is 6.54 Å². The Kier molecular flexibility index (Phi) is 4.40. The number of benzene rings is 2. The van der Waals surface area contributed by atoms with E-state index in [1.54, 1.807) is 4.90 Å². The Morgan fingerprint density at radius 1 is 1.07 bits per heavy atom. The Balaban J connectivity index is 1.75. The molecule has 1 aliphatic carbocycles. The summed E-state index contributed by atoms with van der Waals surface area (Å²) in [5.74, 6) is 0.0429. The highest BCUT2D eigenvalue weighted by atomic mass is 16.2. The van der Waals surface area contributed by atoms with E-state index in [1.165, 1.54) is 5.56 Å². The Morgan fingerprint density at radius 3 is 2.48 bits per heavy atom. The Hall–Kier alpha value is -3.14. The van der Waals surface area contributed by atoms with Gasteiger partial charge in [0.25, 0.3) is 5.91 Å². The van der Waals surface area contributed by atoms with Crippen LogP contribution in [0, 0.1) is 12.3 Å². The molecule has 2 N–H and O–H groups in total. The normalized spacial score (nSPS) is 22.0. The van der Waals surface area contributed by atoms with Crippen molar-refractivity contribution in [2.75, 3.05) is 0 Å². The van der Waals surface area contributed by atoms with Crippen LogP contribution >= 0.6 is 0 Å². The standard InChI is InChI=1S/C23H23N3O/c1-17-12-14-18(15-13-17)16-26-21(27)23(25-22(26)24,19-8-4-2-5-9-19)20-10-6-3-7-11-20/h2,4-6,8-15H,3,7,16H2,1H3,(H2,24,25). The minimum absolute atomic E-state index is 0.0999. The summed E-state index contributed by atoms with van der Waals surface area (Å²) < 4.78 is 0. The van der Waals surface area contributed by atoms with Crippen LogP contribution in [0.1, 0.15) is 29.5 Å². The van der Waals surface area contributed by atoms with Crippen molar-refractivity contribution < 1.29 is 4.79 Å². The number of rotatable bonds is 4. The largest absolute Gasteiger partial charge is 0.334 e. The summed E-state index contributed by atoms with van der Waals surface area (Å²) in [6.07, 6.45) is 8.11. The first-order valence-corrected chi connectivity index (χ1v) is 9.28. The molecule has 136 valence electrons. The molecule has 1 saturated heterocycles. The van der Waals surface area contributed by atoms with Crippen LogP contribution < -0.4 is 5.32 Å². The second kappa shape index (κ2) is 6.88. The number of nitrogens with one attached hydrogen (secondary N) is 2. The minimum Gasteiger partial charge on any atom is -0.334 e. The van der Waals surface area contributed by atoms with E-state index >= 15 is 0 Å². The Morgan fingerprint density at radius 2 is 1.81 bits per heavy atom. The van der Waals surface area contributed by atoms with Crippen molar-refractivity contribution in [1.29, 1.82) is 5.41 Å². The highest BCUT2D eigenvalue weighted by Crippen LogP contribution is 2.38. The lowest BCUT2D eigenvalue weighted by Gasteiger charge is -2.30. The van der Waals surface area contributed by atoms with Gasteiger partial charge in [0.2, 0.25) is 0 Å². The van der Waals surface area contributed by atoms with Gasteiger partial charge < -0.3 is 5.32 Å². The zero-order valence-corrected chi connectivity index (χ0v) is 15.4. The van der Waals surface area contributed by atoms with E-state index in [9.17, 15) is 4.79 Å². The SMILES string of the molecule is Cc1ccc(CN2C(=N)NC(C3=CCCC=C3)(c3ccccc3)C2=O)cc1. The van der Waals surface area contributed by atoms with Crippen molar-refractivity contribution in [2.45, 2.75) is 31.8 Å². The average molecular weight is 357 g/mol. The van der Waals surface area contributed by atoms with Crippen LogP contribution in [-0.2, 0) is 16.9 Å². The van der Waals surface area contributed by atoms with Gasteiger partial charge in [-0.05, 0) is 36.5 Å². The lowest BCUT2D eigenvalue weighted by atomic mass is 9.80. The maximum atomic E-state index is 13.7. The Bertz CT molecular complexity index is 928. The monoisotopic (exact) mass is 357 g/mol. The van der Waals surface area contributed by atoms with Crippen LogP contribution in [0.15, 0.2) is 78.4 Å². The fraction of sp³-hybridized carbons (Fsp3) is 0.217. The molecule has 0 radical (unpaired) electrons. The third-order valence-corrected chi connectivity index (χ3v) is 5.24. The van der Waals surface area contributed by atoms with Crippen LogP contribution in [0.25, 0.3) is 0 Å². The number of carbonyl (C=O) groups excluding carboxylic acids is 1. The molecule has 0 aromatic heterocycles. The fourth-order valence-electron chi connectivity index (χ4n) is 3.77. The maximum Gasteiger partial charge on any atom is 0.264 e. The number of carbonyl (C=O) groups is 1. The first-order chi connectivity index (χ1) is 13.1. The number of amides is 1. The summed E-state index contributed by atoms with van der Waals surface area (Å²) in [5, 5.41) is 11.7. The van der Waals surface area contributed by atoms with Crippen molar-refractivity contribution in [3.05, 3.63) is 95.1 Å². The molecular formula is C23H23N3O. The second-order valence-electron chi connectivity index (χ2n) is 7.11. The number of guanidine groups is 1. The molecule has 1 heterocycles. The second-order valence-corrected chi connectivity index (χ2v) is 7.11. The molecule has 1 unspecified atom stereocenters. The van der Waals surface area contributed by atoms with Gasteiger partial charge in [0.05, 0.1) is 6.54 Å². The van der Waals surface area contributed by atoms with Gasteiger partial charge in [0.1, 0.15) is 0 Å². The molecule has 1 atom stereocenters. The van der Waals surface area contributed by atoms with Crippen molar-refractivity contribution >= 4 is 11.9 Å². The number of hydrogen-bond donors (Lipinski definition) is 2. The summed E-state index contributed by atoms with van der Waals surface area (Å²) in [4.78, 5) is 15.2. The van der Waals surface area contributed by atoms with E-state index < -0.39 is 5.54 Å². The van der Waals surface area contributed by atoms with E-state index in [1.807, 2.05) is 67.6 Å². The quantitative estimate of drug-likeness (QED) is 0.868. The van der Waals surface area contributed by atoms with Crippen molar-refractivity contribution in [1.82, 2.24) is 10.2 Å². The number of allylic oxidation sites excluding steroid dienone is 2. The average Bonchev–Trinajstić information content (AvgIpc) is 2.96. The predicted octanol–water partition coefficient (Wildman–Crippen LogP) is 4.03. The van der Waals surface area contributed by atoms with Gasteiger partial charge in [-0.2, -0.15) is 0 Å². The van der Waals surface area contributed by atoms with Gasteiger partial charge in [-0.25, -0.2) is 0 Å². The fourth-order valence-corrected chi connectivity index (χ4v) is 3.77. The molecule has 4 nitrogen and oxygen atoms in total. The van der Waals surface area contributed by atoms with Gasteiger partial charge >= 0.3 is 0 Å². The third-order valence-electron chi connectivity index (χ3n) is 5.24. The molecule has 0 saturated carbocycles. The third kappa shape index (κ3) is 2.97. The first-order valence-electron chi connectivity index (χ1n) is 9.28. The summed E-state index contributed by atoms with van der Waals surface area (Å²) in [7, 11) is 0. The molecule has 4 rings (SSSR count). The molecule has 4 heteroatoms. The molecule has 1 fully saturated rings.